The Hall–Kier alpha value is -3.74. The van der Waals surface area contributed by atoms with Crippen LogP contribution in [-0.2, 0) is 16.2 Å². The van der Waals surface area contributed by atoms with E-state index in [2.05, 4.69) is 33.0 Å². The highest BCUT2D eigenvalue weighted by atomic mass is 16.6. The van der Waals surface area contributed by atoms with Crippen LogP contribution in [0.4, 0.5) is 5.69 Å². The van der Waals surface area contributed by atoms with Gasteiger partial charge in [-0.05, 0) is 40.9 Å². The zero-order valence-electron chi connectivity index (χ0n) is 21.7. The van der Waals surface area contributed by atoms with Crippen molar-refractivity contribution in [2.45, 2.75) is 65.9 Å². The molecule has 0 unspecified atom stereocenters. The fourth-order valence-corrected chi connectivity index (χ4v) is 5.93. The summed E-state index contributed by atoms with van der Waals surface area (Å²) in [6, 6.07) is 14.2. The minimum absolute atomic E-state index is 0.0121. The zero-order valence-corrected chi connectivity index (χ0v) is 21.7. The van der Waals surface area contributed by atoms with Gasteiger partial charge in [-0.15, -0.1) is 0 Å². The van der Waals surface area contributed by atoms with Crippen molar-refractivity contribution >= 4 is 17.3 Å². The lowest BCUT2D eigenvalue weighted by Crippen LogP contribution is -2.42. The van der Waals surface area contributed by atoms with Gasteiger partial charge in [-0.25, -0.2) is 0 Å². The number of carbonyl (C=O) groups is 2. The molecule has 0 spiro atoms. The van der Waals surface area contributed by atoms with E-state index >= 15 is 0 Å². The van der Waals surface area contributed by atoms with Crippen LogP contribution in [0.5, 0.6) is 5.75 Å². The summed E-state index contributed by atoms with van der Waals surface area (Å²) in [5.74, 6) is -0.421. The highest BCUT2D eigenvalue weighted by Crippen LogP contribution is 2.51. The van der Waals surface area contributed by atoms with Crippen LogP contribution >= 0.6 is 0 Å². The summed E-state index contributed by atoms with van der Waals surface area (Å²) in [5.41, 5.74) is 3.94. The van der Waals surface area contributed by atoms with Gasteiger partial charge >= 0.3 is 5.69 Å². The summed E-state index contributed by atoms with van der Waals surface area (Å²) in [4.78, 5) is 38.4. The first-order valence-corrected chi connectivity index (χ1v) is 12.7. The van der Waals surface area contributed by atoms with Gasteiger partial charge in [-0.2, -0.15) is 0 Å². The summed E-state index contributed by atoms with van der Waals surface area (Å²) in [5, 5.41) is 15.3. The lowest BCUT2D eigenvalue weighted by Gasteiger charge is -2.44. The van der Waals surface area contributed by atoms with Gasteiger partial charge in [0.05, 0.1) is 4.92 Å². The Labute approximate surface area is 216 Å². The molecule has 0 fully saturated rings. The maximum Gasteiger partial charge on any atom is 0.310 e. The van der Waals surface area contributed by atoms with Gasteiger partial charge in [0.25, 0.3) is 0 Å². The van der Waals surface area contributed by atoms with E-state index in [-0.39, 0.29) is 40.4 Å². The van der Waals surface area contributed by atoms with Gasteiger partial charge in [-0.3, -0.25) is 19.7 Å². The molecule has 7 nitrogen and oxygen atoms in total. The molecule has 5 rings (SSSR count). The molecule has 2 aromatic carbocycles. The summed E-state index contributed by atoms with van der Waals surface area (Å²) >= 11 is 0. The van der Waals surface area contributed by atoms with Gasteiger partial charge in [0, 0.05) is 47.4 Å². The Kier molecular flexibility index (Phi) is 6.05. The molecule has 192 valence electrons. The van der Waals surface area contributed by atoms with E-state index in [1.807, 2.05) is 30.3 Å². The van der Waals surface area contributed by atoms with Gasteiger partial charge in [0.15, 0.2) is 17.3 Å². The number of carbonyl (C=O) groups excluding carboxylic acids is 2. The first kappa shape index (κ1) is 24.9. The summed E-state index contributed by atoms with van der Waals surface area (Å²) < 4.78 is 5.95. The number of nitrogens with one attached hydrogen (secondary N) is 1. The molecule has 0 radical (unpaired) electrons. The third-order valence-electron chi connectivity index (χ3n) is 7.47. The maximum absolute atomic E-state index is 13.5. The van der Waals surface area contributed by atoms with Gasteiger partial charge in [-0.1, -0.05) is 64.1 Å². The molecule has 1 aliphatic heterocycles. The molecular formula is C30H32N2O5. The quantitative estimate of drug-likeness (QED) is 0.391. The number of ether oxygens (including phenoxy) is 1. The van der Waals surface area contributed by atoms with Crippen molar-refractivity contribution in [2.75, 3.05) is 0 Å². The van der Waals surface area contributed by atoms with E-state index in [0.29, 0.717) is 42.4 Å². The zero-order chi connectivity index (χ0) is 26.5. The third-order valence-corrected chi connectivity index (χ3v) is 7.47. The lowest BCUT2D eigenvalue weighted by molar-refractivity contribution is -0.386. The minimum atomic E-state index is -0.571. The van der Waals surface area contributed by atoms with Crippen molar-refractivity contribution in [3.63, 3.8) is 0 Å². The second-order valence-corrected chi connectivity index (χ2v) is 12.0. The molecule has 3 aliphatic rings. The van der Waals surface area contributed by atoms with Gasteiger partial charge in [0.1, 0.15) is 6.61 Å². The number of allylic oxidation sites excluding steroid dienone is 4. The molecular weight excluding hydrogens is 468 g/mol. The Morgan fingerprint density at radius 2 is 1.46 bits per heavy atom. The van der Waals surface area contributed by atoms with Crippen molar-refractivity contribution in [2.24, 2.45) is 10.8 Å². The normalized spacial score (nSPS) is 20.8. The standard InChI is InChI=1S/C30H32N2O5/c1-29(2)13-20-27(23(33)15-29)26(28-21(31-20)14-30(3,4)16-24(28)34)19-10-11-22(32(35)36)25(12-19)37-17-18-8-6-5-7-9-18/h5-12,26,31H,13-17H2,1-4H3. The smallest absolute Gasteiger partial charge is 0.310 e. The van der Waals surface area contributed by atoms with Crippen molar-refractivity contribution in [1.29, 1.82) is 0 Å². The number of dihydropyridines is 1. The topological polar surface area (TPSA) is 98.5 Å². The Morgan fingerprint density at radius 3 is 2.00 bits per heavy atom. The number of nitro benzene ring substituents is 1. The summed E-state index contributed by atoms with van der Waals surface area (Å²) in [6.07, 6.45) is 2.16. The van der Waals surface area contributed by atoms with Crippen LogP contribution in [0, 0.1) is 20.9 Å². The first-order chi connectivity index (χ1) is 17.4. The van der Waals surface area contributed by atoms with E-state index in [1.54, 1.807) is 12.1 Å². The van der Waals surface area contributed by atoms with Crippen LogP contribution in [-0.4, -0.2) is 16.5 Å². The van der Waals surface area contributed by atoms with Crippen LogP contribution in [0.3, 0.4) is 0 Å². The SMILES string of the molecule is CC1(C)CC(=O)C2=C(C1)NC1=C(C(=O)CC(C)(C)C1)C2c1ccc([N+](=O)[O-])c(OCc2ccccc2)c1. The van der Waals surface area contributed by atoms with Crippen molar-refractivity contribution < 1.29 is 19.2 Å². The van der Waals surface area contributed by atoms with E-state index in [9.17, 15) is 19.7 Å². The van der Waals surface area contributed by atoms with E-state index < -0.39 is 10.8 Å². The Morgan fingerprint density at radius 1 is 0.892 bits per heavy atom. The molecule has 0 saturated carbocycles. The summed E-state index contributed by atoms with van der Waals surface area (Å²) in [6.45, 7) is 8.47. The molecule has 0 bridgehead atoms. The van der Waals surface area contributed by atoms with Crippen LogP contribution in [0.25, 0.3) is 0 Å². The fourth-order valence-electron chi connectivity index (χ4n) is 5.93. The Balaban J connectivity index is 1.63. The molecule has 7 heteroatoms. The predicted molar refractivity (Wildman–Crippen MR) is 140 cm³/mol. The second-order valence-electron chi connectivity index (χ2n) is 12.0. The number of Topliss-reactive ketones (excluding diaryl/α,β-unsaturated/α-hetero) is 2. The van der Waals surface area contributed by atoms with E-state index in [0.717, 1.165) is 17.0 Å². The number of nitrogens with zero attached hydrogens (tertiary/aromatic N) is 1. The van der Waals surface area contributed by atoms with E-state index in [4.69, 9.17) is 4.74 Å². The van der Waals surface area contributed by atoms with Crippen molar-refractivity contribution in [3.05, 3.63) is 92.3 Å². The number of ketones is 2. The average Bonchev–Trinajstić information content (AvgIpc) is 2.80. The molecule has 37 heavy (non-hydrogen) atoms. The fraction of sp³-hybridized carbons (Fsp3) is 0.400. The highest BCUT2D eigenvalue weighted by Gasteiger charge is 2.46. The number of nitro groups is 1. The van der Waals surface area contributed by atoms with Gasteiger partial charge < -0.3 is 10.1 Å². The number of hydrogen-bond donors (Lipinski definition) is 1. The number of rotatable bonds is 5. The predicted octanol–water partition coefficient (Wildman–Crippen LogP) is 6.15. The highest BCUT2D eigenvalue weighted by molar-refractivity contribution is 6.06. The van der Waals surface area contributed by atoms with Crippen molar-refractivity contribution in [1.82, 2.24) is 5.32 Å². The lowest BCUT2D eigenvalue weighted by atomic mass is 9.64. The number of hydrogen-bond acceptors (Lipinski definition) is 6. The molecule has 1 N–H and O–H groups in total. The molecule has 0 atom stereocenters. The molecule has 2 aliphatic carbocycles. The monoisotopic (exact) mass is 500 g/mol. The van der Waals surface area contributed by atoms with Gasteiger partial charge in [0.2, 0.25) is 0 Å². The van der Waals surface area contributed by atoms with E-state index in [1.165, 1.54) is 6.07 Å². The first-order valence-electron chi connectivity index (χ1n) is 12.7. The maximum atomic E-state index is 13.5. The largest absolute Gasteiger partial charge is 0.482 e. The minimum Gasteiger partial charge on any atom is -0.482 e. The molecule has 0 aromatic heterocycles. The van der Waals surface area contributed by atoms with Crippen LogP contribution in [0.2, 0.25) is 0 Å². The van der Waals surface area contributed by atoms with Crippen LogP contribution < -0.4 is 10.1 Å². The number of benzene rings is 2. The molecule has 2 aromatic rings. The van der Waals surface area contributed by atoms with Crippen molar-refractivity contribution in [3.8, 4) is 5.75 Å². The van der Waals surface area contributed by atoms with Crippen LogP contribution in [0.1, 0.15) is 70.4 Å². The summed E-state index contributed by atoms with van der Waals surface area (Å²) in [7, 11) is 0. The molecule has 0 saturated heterocycles. The molecule has 1 heterocycles. The third kappa shape index (κ3) is 4.82. The average molecular weight is 501 g/mol. The Bertz CT molecular complexity index is 1320. The van der Waals surface area contributed by atoms with Crippen LogP contribution in [0.15, 0.2) is 71.1 Å². The second kappa shape index (κ2) is 8.98. The molecule has 0 amide bonds.